The van der Waals surface area contributed by atoms with Crippen LogP contribution >= 0.6 is 0 Å². The molecule has 0 saturated heterocycles. The highest BCUT2D eigenvalue weighted by Gasteiger charge is 2.10. The molecule has 0 bridgehead atoms. The summed E-state index contributed by atoms with van der Waals surface area (Å²) in [6.45, 7) is 0. The molecule has 0 aliphatic heterocycles. The molecule has 0 unspecified atom stereocenters. The van der Waals surface area contributed by atoms with Gasteiger partial charge < -0.3 is 16.0 Å². The Kier molecular flexibility index (Phi) is 3.04. The molecule has 0 radical (unpaired) electrons. The maximum absolute atomic E-state index is 5.75. The fourth-order valence-corrected chi connectivity index (χ4v) is 1.93. The molecule has 20 heavy (non-hydrogen) atoms. The van der Waals surface area contributed by atoms with Crippen LogP contribution in [0.5, 0.6) is 0 Å². The predicted molar refractivity (Wildman–Crippen MR) is 75.6 cm³/mol. The van der Waals surface area contributed by atoms with Crippen molar-refractivity contribution in [1.82, 2.24) is 15.1 Å². The van der Waals surface area contributed by atoms with Crippen molar-refractivity contribution >= 4 is 11.4 Å². The monoisotopic (exact) mass is 267 g/mol. The average Bonchev–Trinajstić information content (AvgIpc) is 2.87. The summed E-state index contributed by atoms with van der Waals surface area (Å²) in [5, 5.41) is 3.95. The van der Waals surface area contributed by atoms with E-state index in [4.69, 9.17) is 16.0 Å². The normalized spacial score (nSPS) is 10.6. The SMILES string of the molecule is Nc1cc(N)cc(-c2nc(Cc3cccnc3)no2)c1. The van der Waals surface area contributed by atoms with Gasteiger partial charge in [-0.2, -0.15) is 4.98 Å². The first kappa shape index (κ1) is 12.2. The van der Waals surface area contributed by atoms with Gasteiger partial charge in [-0.15, -0.1) is 0 Å². The third-order valence-electron chi connectivity index (χ3n) is 2.78. The number of rotatable bonds is 3. The van der Waals surface area contributed by atoms with Gasteiger partial charge in [0.15, 0.2) is 5.82 Å². The van der Waals surface area contributed by atoms with Crippen LogP contribution in [-0.4, -0.2) is 15.1 Å². The van der Waals surface area contributed by atoms with E-state index in [-0.39, 0.29) is 0 Å². The zero-order valence-electron chi connectivity index (χ0n) is 10.7. The van der Waals surface area contributed by atoms with Gasteiger partial charge in [0.2, 0.25) is 0 Å². The van der Waals surface area contributed by atoms with Gasteiger partial charge in [-0.05, 0) is 29.8 Å². The molecule has 0 amide bonds. The van der Waals surface area contributed by atoms with Crippen LogP contribution in [0.4, 0.5) is 11.4 Å². The summed E-state index contributed by atoms with van der Waals surface area (Å²) in [5.74, 6) is 0.997. The van der Waals surface area contributed by atoms with Crippen molar-refractivity contribution in [1.29, 1.82) is 0 Å². The molecule has 4 N–H and O–H groups in total. The first-order chi connectivity index (χ1) is 9.70. The largest absolute Gasteiger partial charge is 0.399 e. The van der Waals surface area contributed by atoms with E-state index in [0.29, 0.717) is 35.1 Å². The Morgan fingerprint density at radius 1 is 1.10 bits per heavy atom. The molecule has 0 aliphatic rings. The molecule has 3 aromatic rings. The van der Waals surface area contributed by atoms with Crippen LogP contribution in [0.15, 0.2) is 47.2 Å². The summed E-state index contributed by atoms with van der Waals surface area (Å²) in [4.78, 5) is 8.39. The van der Waals surface area contributed by atoms with E-state index in [2.05, 4.69) is 15.1 Å². The van der Waals surface area contributed by atoms with Crippen molar-refractivity contribution in [3.05, 3.63) is 54.1 Å². The minimum atomic E-state index is 0.405. The highest BCUT2D eigenvalue weighted by Crippen LogP contribution is 2.23. The minimum absolute atomic E-state index is 0.405. The summed E-state index contributed by atoms with van der Waals surface area (Å²) >= 11 is 0. The first-order valence-electron chi connectivity index (χ1n) is 6.08. The molecule has 100 valence electrons. The number of aromatic nitrogens is 3. The lowest BCUT2D eigenvalue weighted by Crippen LogP contribution is -1.93. The number of nitrogens with zero attached hydrogens (tertiary/aromatic N) is 3. The Morgan fingerprint density at radius 2 is 1.90 bits per heavy atom. The van der Waals surface area contributed by atoms with Crippen LogP contribution in [0, 0.1) is 0 Å². The fourth-order valence-electron chi connectivity index (χ4n) is 1.93. The Hall–Kier alpha value is -2.89. The molecule has 0 spiro atoms. The molecule has 6 nitrogen and oxygen atoms in total. The highest BCUT2D eigenvalue weighted by atomic mass is 16.5. The lowest BCUT2D eigenvalue weighted by molar-refractivity contribution is 0.424. The molecule has 2 heterocycles. The molecule has 0 saturated carbocycles. The topological polar surface area (TPSA) is 104 Å². The van der Waals surface area contributed by atoms with Crippen LogP contribution < -0.4 is 11.5 Å². The predicted octanol–water partition coefficient (Wildman–Crippen LogP) is 1.89. The standard InChI is InChI=1S/C14H13N5O/c15-11-5-10(6-12(16)7-11)14-18-13(19-20-14)4-9-2-1-3-17-8-9/h1-3,5-8H,4,15-16H2. The lowest BCUT2D eigenvalue weighted by atomic mass is 10.1. The third-order valence-corrected chi connectivity index (χ3v) is 2.78. The first-order valence-corrected chi connectivity index (χ1v) is 6.08. The van der Waals surface area contributed by atoms with Gasteiger partial charge >= 0.3 is 0 Å². The van der Waals surface area contributed by atoms with Gasteiger partial charge in [-0.1, -0.05) is 11.2 Å². The van der Waals surface area contributed by atoms with Crippen molar-refractivity contribution in [3.63, 3.8) is 0 Å². The van der Waals surface area contributed by atoms with E-state index in [1.807, 2.05) is 12.1 Å². The number of nitrogen functional groups attached to an aromatic ring is 2. The third kappa shape index (κ3) is 2.59. The quantitative estimate of drug-likeness (QED) is 0.702. The second-order valence-corrected chi connectivity index (χ2v) is 4.44. The Labute approximate surface area is 115 Å². The van der Waals surface area contributed by atoms with Crippen LogP contribution in [0.25, 0.3) is 11.5 Å². The minimum Gasteiger partial charge on any atom is -0.399 e. The molecule has 0 atom stereocenters. The van der Waals surface area contributed by atoms with E-state index in [1.54, 1.807) is 30.6 Å². The maximum atomic E-state index is 5.75. The van der Waals surface area contributed by atoms with Crippen LogP contribution in [0.2, 0.25) is 0 Å². The number of anilines is 2. The van der Waals surface area contributed by atoms with E-state index in [1.165, 1.54) is 0 Å². The molecule has 2 aromatic heterocycles. The molecule has 0 fully saturated rings. The molecule has 3 rings (SSSR count). The van der Waals surface area contributed by atoms with Crippen LogP contribution in [0.3, 0.4) is 0 Å². The van der Waals surface area contributed by atoms with Gasteiger partial charge in [-0.3, -0.25) is 4.98 Å². The maximum Gasteiger partial charge on any atom is 0.258 e. The van der Waals surface area contributed by atoms with Crippen molar-refractivity contribution in [2.45, 2.75) is 6.42 Å². The van der Waals surface area contributed by atoms with E-state index in [9.17, 15) is 0 Å². The fraction of sp³-hybridized carbons (Fsp3) is 0.0714. The summed E-state index contributed by atoms with van der Waals surface area (Å²) in [6.07, 6.45) is 4.06. The summed E-state index contributed by atoms with van der Waals surface area (Å²) in [7, 11) is 0. The van der Waals surface area contributed by atoms with Gasteiger partial charge in [0, 0.05) is 35.8 Å². The van der Waals surface area contributed by atoms with Crippen molar-refractivity contribution < 1.29 is 4.52 Å². The van der Waals surface area contributed by atoms with Crippen LogP contribution in [-0.2, 0) is 6.42 Å². The number of hydrogen-bond donors (Lipinski definition) is 2. The Bertz CT molecular complexity index is 703. The lowest BCUT2D eigenvalue weighted by Gasteiger charge is -1.99. The Morgan fingerprint density at radius 3 is 2.60 bits per heavy atom. The number of benzene rings is 1. The van der Waals surface area contributed by atoms with E-state index >= 15 is 0 Å². The zero-order chi connectivity index (χ0) is 13.9. The van der Waals surface area contributed by atoms with Gasteiger partial charge in [0.25, 0.3) is 5.89 Å². The molecular weight excluding hydrogens is 254 g/mol. The second-order valence-electron chi connectivity index (χ2n) is 4.44. The van der Waals surface area contributed by atoms with Gasteiger partial charge in [-0.25, -0.2) is 0 Å². The Balaban J connectivity index is 1.86. The number of pyridine rings is 1. The average molecular weight is 267 g/mol. The van der Waals surface area contributed by atoms with Crippen molar-refractivity contribution in [2.75, 3.05) is 11.5 Å². The molecule has 6 heteroatoms. The smallest absolute Gasteiger partial charge is 0.258 e. The summed E-state index contributed by atoms with van der Waals surface area (Å²) in [5.41, 5.74) is 14.4. The van der Waals surface area contributed by atoms with Crippen molar-refractivity contribution in [2.24, 2.45) is 0 Å². The molecular formula is C14H13N5O. The van der Waals surface area contributed by atoms with E-state index in [0.717, 1.165) is 5.56 Å². The number of hydrogen-bond acceptors (Lipinski definition) is 6. The van der Waals surface area contributed by atoms with Crippen molar-refractivity contribution in [3.8, 4) is 11.5 Å². The number of nitrogens with two attached hydrogens (primary N) is 2. The second kappa shape index (κ2) is 5.00. The van der Waals surface area contributed by atoms with E-state index < -0.39 is 0 Å². The molecule has 0 aliphatic carbocycles. The molecule has 1 aromatic carbocycles. The van der Waals surface area contributed by atoms with Gasteiger partial charge in [0.05, 0.1) is 0 Å². The summed E-state index contributed by atoms with van der Waals surface area (Å²) < 4.78 is 5.24. The van der Waals surface area contributed by atoms with Crippen LogP contribution in [0.1, 0.15) is 11.4 Å². The zero-order valence-corrected chi connectivity index (χ0v) is 10.7. The summed E-state index contributed by atoms with van der Waals surface area (Å²) in [6, 6.07) is 9.00. The van der Waals surface area contributed by atoms with Gasteiger partial charge in [0.1, 0.15) is 0 Å². The highest BCUT2D eigenvalue weighted by molar-refractivity contribution is 5.67.